The Kier molecular flexibility index (Phi) is 6.33. The van der Waals surface area contributed by atoms with E-state index >= 15 is 0 Å². The molecule has 1 aromatic carbocycles. The third kappa shape index (κ3) is 5.00. The van der Waals surface area contributed by atoms with Crippen molar-refractivity contribution >= 4 is 5.91 Å². The zero-order chi connectivity index (χ0) is 12.5. The predicted octanol–water partition coefficient (Wildman–Crippen LogP) is 1.11. The first-order chi connectivity index (χ1) is 8.27. The van der Waals surface area contributed by atoms with Gasteiger partial charge in [-0.3, -0.25) is 4.79 Å². The Labute approximate surface area is 104 Å². The Morgan fingerprint density at radius 2 is 2.06 bits per heavy atom. The number of unbranched alkanes of at least 4 members (excludes halogenated alkanes) is 1. The topological polar surface area (TPSA) is 45.7 Å². The number of nitrogens with two attached hydrogens (primary N) is 1. The molecule has 0 fully saturated rings. The summed E-state index contributed by atoms with van der Waals surface area (Å²) in [5, 5.41) is 4.82. The highest BCUT2D eigenvalue weighted by Gasteiger charge is 2.03. The lowest BCUT2D eigenvalue weighted by Crippen LogP contribution is -2.77. The summed E-state index contributed by atoms with van der Waals surface area (Å²) in [5.41, 5.74) is 1.98. The van der Waals surface area contributed by atoms with E-state index in [9.17, 15) is 4.79 Å². The summed E-state index contributed by atoms with van der Waals surface area (Å²) in [6, 6.07) is 7.80. The molecule has 0 heterocycles. The van der Waals surface area contributed by atoms with E-state index in [0.29, 0.717) is 0 Å². The maximum atomic E-state index is 11.7. The summed E-state index contributed by atoms with van der Waals surface area (Å²) in [6.07, 6.45) is 3.12. The largest absolute Gasteiger partial charge is 0.479 e. The molecule has 17 heavy (non-hydrogen) atoms. The molecule has 3 nitrogen and oxygen atoms in total. The summed E-state index contributed by atoms with van der Waals surface area (Å²) in [5.74, 6) is 0.0220. The molecular weight excluding hydrogens is 212 g/mol. The van der Waals surface area contributed by atoms with Crippen LogP contribution in [0.3, 0.4) is 0 Å². The van der Waals surface area contributed by atoms with Crippen LogP contribution in [0.25, 0.3) is 0 Å². The minimum Gasteiger partial charge on any atom is -0.479 e. The second-order valence-electron chi connectivity index (χ2n) is 4.13. The van der Waals surface area contributed by atoms with Crippen LogP contribution in [0.1, 0.15) is 35.7 Å². The molecule has 1 aromatic rings. The first kappa shape index (κ1) is 13.7. The molecule has 0 radical (unpaired) electrons. The van der Waals surface area contributed by atoms with Crippen LogP contribution in [-0.2, 0) is 6.42 Å². The van der Waals surface area contributed by atoms with Gasteiger partial charge in [0.15, 0.2) is 0 Å². The molecule has 0 aliphatic rings. The molecule has 0 aliphatic heterocycles. The average Bonchev–Trinajstić information content (AvgIpc) is 2.37. The molecule has 94 valence electrons. The maximum absolute atomic E-state index is 11.7. The van der Waals surface area contributed by atoms with Crippen molar-refractivity contribution in [3.63, 3.8) is 0 Å². The fourth-order valence-electron chi connectivity index (χ4n) is 1.57. The summed E-state index contributed by atoms with van der Waals surface area (Å²) in [7, 11) is 3.70. The van der Waals surface area contributed by atoms with E-state index in [0.717, 1.165) is 37.9 Å². The summed E-state index contributed by atoms with van der Waals surface area (Å²) in [6.45, 7) is 3.84. The van der Waals surface area contributed by atoms with Crippen LogP contribution in [0.5, 0.6) is 0 Å². The highest BCUT2D eigenvalue weighted by molar-refractivity contribution is 5.94. The molecule has 0 spiro atoms. The fourth-order valence-corrected chi connectivity index (χ4v) is 1.57. The predicted molar refractivity (Wildman–Crippen MR) is 69.5 cm³/mol. The number of carbonyl (C=O) groups is 1. The van der Waals surface area contributed by atoms with Crippen LogP contribution < -0.4 is 10.6 Å². The zero-order valence-corrected chi connectivity index (χ0v) is 10.5. The first-order valence-electron chi connectivity index (χ1n) is 6.26. The minimum atomic E-state index is 0.0220. The molecule has 1 amide bonds. The van der Waals surface area contributed by atoms with E-state index in [1.807, 2.05) is 29.6 Å². The van der Waals surface area contributed by atoms with Crippen LogP contribution in [0.4, 0.5) is 0 Å². The van der Waals surface area contributed by atoms with Gasteiger partial charge in [-0.05, 0) is 24.1 Å². The van der Waals surface area contributed by atoms with Crippen molar-refractivity contribution in [2.24, 2.45) is 0 Å². The van der Waals surface area contributed by atoms with Gasteiger partial charge in [-0.1, -0.05) is 25.5 Å². The van der Waals surface area contributed by atoms with Gasteiger partial charge in [-0.25, -0.2) is 0 Å². The Morgan fingerprint density at radius 3 is 2.65 bits per heavy atom. The van der Waals surface area contributed by atoms with Gasteiger partial charge in [0, 0.05) is 18.5 Å². The number of carbonyl (C=O) groups excluding carboxylic acids is 1. The van der Waals surface area contributed by atoms with Crippen molar-refractivity contribution in [3.05, 3.63) is 42.4 Å². The standard InChI is InChI=1S/C14H22N2O/c1-3-4-10-16-14(17)13-7-5-12(6-8-13)9-11-15-2/h5-8H,2-4,9-11,15H2,1H3,(H,16,17). The number of rotatable bonds is 7. The number of quaternary nitrogens is 1. The molecule has 0 saturated carbocycles. The van der Waals surface area contributed by atoms with Crippen LogP contribution >= 0.6 is 0 Å². The summed E-state index contributed by atoms with van der Waals surface area (Å²) < 4.78 is 0. The molecule has 0 aromatic heterocycles. The molecule has 0 bridgehead atoms. The first-order valence-corrected chi connectivity index (χ1v) is 6.26. The van der Waals surface area contributed by atoms with Crippen LogP contribution in [0.15, 0.2) is 24.3 Å². The number of nitrogens with one attached hydrogen (secondary N) is 1. The molecule has 0 unspecified atom stereocenters. The van der Waals surface area contributed by atoms with Crippen LogP contribution in [0, 0.1) is 7.05 Å². The normalized spacial score (nSPS) is 10.2. The molecule has 1 rings (SSSR count). The second-order valence-corrected chi connectivity index (χ2v) is 4.13. The van der Waals surface area contributed by atoms with E-state index in [4.69, 9.17) is 0 Å². The lowest BCUT2D eigenvalue weighted by molar-refractivity contribution is -0.594. The monoisotopic (exact) mass is 234 g/mol. The van der Waals surface area contributed by atoms with E-state index in [2.05, 4.69) is 19.3 Å². The number of amides is 1. The molecule has 0 atom stereocenters. The lowest BCUT2D eigenvalue weighted by atomic mass is 10.1. The SMILES string of the molecule is [CH2-][NH2+]CCc1ccc(C(=O)NCCCC)cc1. The average molecular weight is 234 g/mol. The van der Waals surface area contributed by atoms with Crippen molar-refractivity contribution in [1.29, 1.82) is 0 Å². The third-order valence-electron chi connectivity index (χ3n) is 2.67. The summed E-state index contributed by atoms with van der Waals surface area (Å²) >= 11 is 0. The van der Waals surface area contributed by atoms with Gasteiger partial charge in [0.25, 0.3) is 5.91 Å². The Morgan fingerprint density at radius 1 is 1.35 bits per heavy atom. The Balaban J connectivity index is 2.46. The number of benzene rings is 1. The fraction of sp³-hybridized carbons (Fsp3) is 0.429. The van der Waals surface area contributed by atoms with Gasteiger partial charge >= 0.3 is 0 Å². The van der Waals surface area contributed by atoms with Crippen molar-refractivity contribution in [1.82, 2.24) is 5.32 Å². The Hall–Kier alpha value is -1.35. The van der Waals surface area contributed by atoms with Gasteiger partial charge in [0.05, 0.1) is 6.54 Å². The maximum Gasteiger partial charge on any atom is 0.251 e. The van der Waals surface area contributed by atoms with Gasteiger partial charge in [-0.2, -0.15) is 7.05 Å². The number of hydrogen-bond acceptors (Lipinski definition) is 1. The van der Waals surface area contributed by atoms with Crippen molar-refractivity contribution < 1.29 is 10.1 Å². The van der Waals surface area contributed by atoms with E-state index in [1.165, 1.54) is 5.56 Å². The highest BCUT2D eigenvalue weighted by Crippen LogP contribution is 2.04. The van der Waals surface area contributed by atoms with E-state index < -0.39 is 0 Å². The van der Waals surface area contributed by atoms with Crippen molar-refractivity contribution in [2.75, 3.05) is 13.1 Å². The van der Waals surface area contributed by atoms with Crippen LogP contribution in [-0.4, -0.2) is 19.0 Å². The molecule has 3 heteroatoms. The zero-order valence-electron chi connectivity index (χ0n) is 10.5. The lowest BCUT2D eigenvalue weighted by Gasteiger charge is -2.05. The van der Waals surface area contributed by atoms with E-state index in [1.54, 1.807) is 0 Å². The van der Waals surface area contributed by atoms with Crippen LogP contribution in [0.2, 0.25) is 0 Å². The molecule has 0 aliphatic carbocycles. The van der Waals surface area contributed by atoms with Crippen molar-refractivity contribution in [2.45, 2.75) is 26.2 Å². The molecule has 0 saturated heterocycles. The van der Waals surface area contributed by atoms with Crippen molar-refractivity contribution in [3.8, 4) is 0 Å². The molecule has 3 N–H and O–H groups in total. The Bertz CT molecular complexity index is 333. The second kappa shape index (κ2) is 7.85. The smallest absolute Gasteiger partial charge is 0.251 e. The minimum absolute atomic E-state index is 0.0220. The summed E-state index contributed by atoms with van der Waals surface area (Å²) in [4.78, 5) is 11.7. The van der Waals surface area contributed by atoms with E-state index in [-0.39, 0.29) is 5.91 Å². The highest BCUT2D eigenvalue weighted by atomic mass is 16.1. The van der Waals surface area contributed by atoms with Gasteiger partial charge < -0.3 is 10.6 Å². The third-order valence-corrected chi connectivity index (χ3v) is 2.67. The molecular formula is C14H22N2O. The van der Waals surface area contributed by atoms with Gasteiger partial charge in [-0.15, -0.1) is 0 Å². The van der Waals surface area contributed by atoms with Gasteiger partial charge in [0.2, 0.25) is 0 Å². The quantitative estimate of drug-likeness (QED) is 0.539. The number of hydrogen-bond donors (Lipinski definition) is 2. The van der Waals surface area contributed by atoms with Gasteiger partial charge in [0.1, 0.15) is 0 Å².